The second-order valence-corrected chi connectivity index (χ2v) is 12.0. The van der Waals surface area contributed by atoms with Crippen LogP contribution >= 0.6 is 0 Å². The molecular weight excluding hydrogens is 500 g/mol. The van der Waals surface area contributed by atoms with Gasteiger partial charge in [-0.25, -0.2) is 4.79 Å². The SMILES string of the molecule is CCCCCCCCC1=C2C=c3ccccc3=C2C=CC1(C=C(C)C(=O)Oc1ccccc1)CCCCCCCC. The van der Waals surface area contributed by atoms with Crippen molar-refractivity contribution >= 4 is 17.6 Å². The van der Waals surface area contributed by atoms with Gasteiger partial charge in [0.2, 0.25) is 0 Å². The van der Waals surface area contributed by atoms with Crippen LogP contribution in [-0.4, -0.2) is 5.97 Å². The average molecular weight is 551 g/mol. The maximum atomic E-state index is 13.3. The predicted molar refractivity (Wildman–Crippen MR) is 174 cm³/mol. The minimum Gasteiger partial charge on any atom is -0.423 e. The first-order chi connectivity index (χ1) is 20.1. The average Bonchev–Trinajstić information content (AvgIpc) is 3.36. The van der Waals surface area contributed by atoms with E-state index in [4.69, 9.17) is 4.74 Å². The van der Waals surface area contributed by atoms with Crippen LogP contribution in [0, 0.1) is 5.41 Å². The van der Waals surface area contributed by atoms with Crippen molar-refractivity contribution in [1.82, 2.24) is 0 Å². The number of para-hydroxylation sites is 1. The summed E-state index contributed by atoms with van der Waals surface area (Å²) in [6, 6.07) is 18.2. The van der Waals surface area contributed by atoms with Crippen molar-refractivity contribution in [3.8, 4) is 5.75 Å². The van der Waals surface area contributed by atoms with Crippen LogP contribution in [0.1, 0.15) is 111 Å². The van der Waals surface area contributed by atoms with Gasteiger partial charge in [-0.1, -0.05) is 145 Å². The lowest BCUT2D eigenvalue weighted by Gasteiger charge is -2.36. The van der Waals surface area contributed by atoms with Crippen LogP contribution < -0.4 is 15.2 Å². The molecule has 0 saturated carbocycles. The van der Waals surface area contributed by atoms with Gasteiger partial charge in [-0.15, -0.1) is 0 Å². The highest BCUT2D eigenvalue weighted by Gasteiger charge is 2.35. The molecule has 2 aliphatic carbocycles. The number of fused-ring (bicyclic) bond motifs is 2. The third-order valence-corrected chi connectivity index (χ3v) is 8.75. The molecule has 0 fully saturated rings. The number of benzene rings is 2. The fourth-order valence-corrected chi connectivity index (χ4v) is 6.47. The van der Waals surface area contributed by atoms with Gasteiger partial charge in [0.05, 0.1) is 0 Å². The third-order valence-electron chi connectivity index (χ3n) is 8.75. The molecule has 2 nitrogen and oxygen atoms in total. The Balaban J connectivity index is 1.68. The van der Waals surface area contributed by atoms with E-state index < -0.39 is 0 Å². The number of allylic oxidation sites excluding steroid dienone is 5. The Morgan fingerprint density at radius 1 is 0.756 bits per heavy atom. The quantitative estimate of drug-likeness (QED) is 0.0848. The zero-order chi connectivity index (χ0) is 28.9. The Morgan fingerprint density at radius 2 is 1.39 bits per heavy atom. The van der Waals surface area contributed by atoms with Gasteiger partial charge in [0.15, 0.2) is 0 Å². The molecule has 0 N–H and O–H groups in total. The smallest absolute Gasteiger partial charge is 0.338 e. The van der Waals surface area contributed by atoms with E-state index in [0.29, 0.717) is 11.3 Å². The van der Waals surface area contributed by atoms with Crippen LogP contribution in [0.15, 0.2) is 89.5 Å². The van der Waals surface area contributed by atoms with Crippen molar-refractivity contribution in [3.63, 3.8) is 0 Å². The van der Waals surface area contributed by atoms with Gasteiger partial charge < -0.3 is 4.74 Å². The summed E-state index contributed by atoms with van der Waals surface area (Å²) >= 11 is 0. The summed E-state index contributed by atoms with van der Waals surface area (Å²) in [6.07, 6.45) is 26.7. The molecule has 2 aromatic rings. The summed E-state index contributed by atoms with van der Waals surface area (Å²) in [7, 11) is 0. The molecule has 0 spiro atoms. The lowest BCUT2D eigenvalue weighted by Crippen LogP contribution is -2.26. The van der Waals surface area contributed by atoms with Crippen molar-refractivity contribution in [2.45, 2.75) is 111 Å². The zero-order valence-electron chi connectivity index (χ0n) is 25.7. The van der Waals surface area contributed by atoms with Crippen molar-refractivity contribution in [2.24, 2.45) is 5.41 Å². The van der Waals surface area contributed by atoms with E-state index in [9.17, 15) is 4.79 Å². The maximum Gasteiger partial charge on any atom is 0.338 e. The Morgan fingerprint density at radius 3 is 2.12 bits per heavy atom. The van der Waals surface area contributed by atoms with Crippen molar-refractivity contribution in [1.29, 1.82) is 0 Å². The topological polar surface area (TPSA) is 26.3 Å². The first kappa shape index (κ1) is 30.8. The Bertz CT molecular complexity index is 1360. The molecule has 0 saturated heterocycles. The molecule has 2 heteroatoms. The van der Waals surface area contributed by atoms with E-state index in [1.165, 1.54) is 97.8 Å². The molecule has 0 heterocycles. The van der Waals surface area contributed by atoms with Gasteiger partial charge in [0.1, 0.15) is 5.75 Å². The summed E-state index contributed by atoms with van der Waals surface area (Å²) in [5.41, 5.74) is 4.63. The largest absolute Gasteiger partial charge is 0.423 e. The Hall–Kier alpha value is -3.13. The summed E-state index contributed by atoms with van der Waals surface area (Å²) in [6.45, 7) is 6.48. The minimum atomic E-state index is -0.272. The second-order valence-electron chi connectivity index (χ2n) is 12.0. The Kier molecular flexibility index (Phi) is 11.8. The number of hydrogen-bond acceptors (Lipinski definition) is 2. The van der Waals surface area contributed by atoms with Crippen LogP contribution in [0.5, 0.6) is 5.75 Å². The fraction of sp³-hybridized carbons (Fsp3) is 0.462. The Labute approximate surface area is 248 Å². The fourth-order valence-electron chi connectivity index (χ4n) is 6.47. The van der Waals surface area contributed by atoms with E-state index in [1.807, 2.05) is 37.3 Å². The summed E-state index contributed by atoms with van der Waals surface area (Å²) in [5.74, 6) is 0.333. The summed E-state index contributed by atoms with van der Waals surface area (Å²) in [5, 5.41) is 2.64. The van der Waals surface area contributed by atoms with Gasteiger partial charge in [0, 0.05) is 11.0 Å². The van der Waals surface area contributed by atoms with E-state index in [1.54, 1.807) is 0 Å². The normalized spacial score (nSPS) is 17.8. The number of unbranched alkanes of at least 4 members (excludes halogenated alkanes) is 10. The highest BCUT2D eigenvalue weighted by Crippen LogP contribution is 2.48. The van der Waals surface area contributed by atoms with Gasteiger partial charge in [-0.05, 0) is 71.6 Å². The van der Waals surface area contributed by atoms with Gasteiger partial charge >= 0.3 is 5.97 Å². The van der Waals surface area contributed by atoms with Crippen molar-refractivity contribution in [3.05, 3.63) is 100.0 Å². The number of ether oxygens (including phenoxy) is 1. The number of esters is 1. The van der Waals surface area contributed by atoms with Crippen LogP contribution in [0.2, 0.25) is 0 Å². The number of carbonyl (C=O) groups excluding carboxylic acids is 1. The molecule has 0 amide bonds. The number of carbonyl (C=O) groups is 1. The highest BCUT2D eigenvalue weighted by atomic mass is 16.5. The van der Waals surface area contributed by atoms with E-state index in [2.05, 4.69) is 62.4 Å². The second kappa shape index (κ2) is 15.8. The third kappa shape index (κ3) is 8.22. The van der Waals surface area contributed by atoms with Gasteiger partial charge in [0.25, 0.3) is 0 Å². The van der Waals surface area contributed by atoms with Crippen molar-refractivity contribution in [2.75, 3.05) is 0 Å². The lowest BCUT2D eigenvalue weighted by atomic mass is 9.67. The maximum absolute atomic E-state index is 13.3. The number of rotatable bonds is 17. The van der Waals surface area contributed by atoms with Gasteiger partial charge in [-0.3, -0.25) is 0 Å². The van der Waals surface area contributed by atoms with Crippen LogP contribution in [0.3, 0.4) is 0 Å². The first-order valence-corrected chi connectivity index (χ1v) is 16.3. The van der Waals surface area contributed by atoms with E-state index in [-0.39, 0.29) is 11.4 Å². The predicted octanol–water partition coefficient (Wildman–Crippen LogP) is 9.54. The summed E-state index contributed by atoms with van der Waals surface area (Å²) < 4.78 is 5.78. The van der Waals surface area contributed by atoms with Crippen LogP contribution in [0.4, 0.5) is 0 Å². The summed E-state index contributed by atoms with van der Waals surface area (Å²) in [4.78, 5) is 13.3. The highest BCUT2D eigenvalue weighted by molar-refractivity contribution is 5.92. The molecule has 4 rings (SSSR count). The molecule has 0 bridgehead atoms. The zero-order valence-corrected chi connectivity index (χ0v) is 25.7. The molecule has 1 atom stereocenters. The number of hydrogen-bond donors (Lipinski definition) is 0. The van der Waals surface area contributed by atoms with Crippen molar-refractivity contribution < 1.29 is 9.53 Å². The molecule has 218 valence electrons. The van der Waals surface area contributed by atoms with E-state index >= 15 is 0 Å². The molecule has 2 aromatic carbocycles. The monoisotopic (exact) mass is 550 g/mol. The molecule has 1 unspecified atom stereocenters. The van der Waals surface area contributed by atoms with Gasteiger partial charge in [-0.2, -0.15) is 0 Å². The molecular formula is C39H50O2. The molecule has 0 aromatic heterocycles. The van der Waals surface area contributed by atoms with Crippen LogP contribution in [0.25, 0.3) is 11.6 Å². The minimum absolute atomic E-state index is 0.260. The first-order valence-electron chi connectivity index (χ1n) is 16.3. The molecule has 0 radical (unpaired) electrons. The standard InChI is InChI=1S/C39H50O2/c1-4-6-8-10-12-17-25-37-36-29-32-21-18-19-24-34(32)35(36)26-28-39(37,27-20-13-11-9-7-5-2)30-31(3)38(40)41-33-22-15-14-16-23-33/h14-16,18-19,21-24,26,28-30H,4-13,17,20,25,27H2,1-3H3. The molecule has 41 heavy (non-hydrogen) atoms. The van der Waals surface area contributed by atoms with Crippen LogP contribution in [-0.2, 0) is 4.79 Å². The lowest BCUT2D eigenvalue weighted by molar-refractivity contribution is -0.130. The molecule has 2 aliphatic rings. The molecule has 0 aliphatic heterocycles. The van der Waals surface area contributed by atoms with E-state index in [0.717, 1.165) is 19.3 Å².